The number of anilines is 6. The Bertz CT molecular complexity index is 2330. The molecule has 0 atom stereocenters. The summed E-state index contributed by atoms with van der Waals surface area (Å²) in [6.07, 6.45) is 8.42. The van der Waals surface area contributed by atoms with Gasteiger partial charge in [0.2, 0.25) is 0 Å². The smallest absolute Gasteiger partial charge is 0.0543 e. The van der Waals surface area contributed by atoms with Crippen molar-refractivity contribution in [1.29, 1.82) is 0 Å². The number of allylic oxidation sites excluding steroid dienone is 3. The van der Waals surface area contributed by atoms with Crippen LogP contribution >= 0.6 is 0 Å². The van der Waals surface area contributed by atoms with E-state index in [1.807, 2.05) is 6.92 Å². The average Bonchev–Trinajstić information content (AvgIpc) is 3.12. The van der Waals surface area contributed by atoms with E-state index in [0.717, 1.165) is 17.1 Å². The van der Waals surface area contributed by atoms with Gasteiger partial charge < -0.3 is 9.80 Å². The Labute approximate surface area is 304 Å². The summed E-state index contributed by atoms with van der Waals surface area (Å²) in [5.74, 6) is 0. The fourth-order valence-electron chi connectivity index (χ4n) is 8.50. The number of hydrogen-bond donors (Lipinski definition) is 0. The van der Waals surface area contributed by atoms with Crippen LogP contribution in [0.3, 0.4) is 0 Å². The maximum atomic E-state index is 2.54. The van der Waals surface area contributed by atoms with Crippen molar-refractivity contribution in [2.45, 2.75) is 59.3 Å². The van der Waals surface area contributed by atoms with Crippen LogP contribution in [0.1, 0.15) is 73.6 Å². The molecule has 0 aromatic heterocycles. The largest absolute Gasteiger partial charge is 0.310 e. The monoisotopic (exact) mass is 662 g/mol. The SMILES string of the molecule is C/C=C\C=C/c1ccccc1-c1ccc(N(c2cc(C)cc(C)c2)c2ccc3c(c2)C(C)(C)c2cccc4c2N3c2ccccc2C4(C)C)cc1. The lowest BCUT2D eigenvalue weighted by molar-refractivity contribution is 0.597. The summed E-state index contributed by atoms with van der Waals surface area (Å²) in [7, 11) is 0. The molecule has 252 valence electrons. The highest BCUT2D eigenvalue weighted by molar-refractivity contribution is 5.94. The van der Waals surface area contributed by atoms with Gasteiger partial charge in [-0.25, -0.2) is 0 Å². The minimum absolute atomic E-state index is 0.0959. The van der Waals surface area contributed by atoms with Crippen molar-refractivity contribution in [3.8, 4) is 11.1 Å². The lowest BCUT2D eigenvalue weighted by Gasteiger charge is -2.49. The number of rotatable bonds is 6. The van der Waals surface area contributed by atoms with Gasteiger partial charge in [0.25, 0.3) is 0 Å². The van der Waals surface area contributed by atoms with Crippen molar-refractivity contribution in [3.63, 3.8) is 0 Å². The van der Waals surface area contributed by atoms with Crippen molar-refractivity contribution in [3.05, 3.63) is 185 Å². The maximum Gasteiger partial charge on any atom is 0.0543 e. The summed E-state index contributed by atoms with van der Waals surface area (Å²) >= 11 is 0. The molecule has 2 aliphatic heterocycles. The summed E-state index contributed by atoms with van der Waals surface area (Å²) in [5.41, 5.74) is 18.6. The van der Waals surface area contributed by atoms with Gasteiger partial charge in [-0.1, -0.05) is 131 Å². The minimum atomic E-state index is -0.211. The van der Waals surface area contributed by atoms with Crippen molar-refractivity contribution in [2.75, 3.05) is 9.80 Å². The normalized spacial score (nSPS) is 15.1. The average molecular weight is 663 g/mol. The van der Waals surface area contributed by atoms with Crippen molar-refractivity contribution in [1.82, 2.24) is 0 Å². The molecule has 0 bridgehead atoms. The number of nitrogens with zero attached hydrogens (tertiary/aromatic N) is 2. The first kappa shape index (κ1) is 32.6. The zero-order valence-electron chi connectivity index (χ0n) is 30.8. The molecular weight excluding hydrogens is 617 g/mol. The standard InChI is InChI=1S/C49H46N2/c1-8-9-10-16-35-17-11-12-18-40(35)36-23-25-37(26-24-36)50(39-30-33(2)29-34(3)31-39)38-27-28-46-44(32-38)49(6,7)43-21-15-20-42-47(43)51(46)45-22-14-13-19-41(45)48(42,4)5/h8-32H,1-7H3/b9-8-,16-10-. The van der Waals surface area contributed by atoms with E-state index in [-0.39, 0.29) is 10.8 Å². The number of fused-ring (bicyclic) bond motifs is 4. The third kappa shape index (κ3) is 5.33. The molecule has 0 amide bonds. The molecule has 0 saturated carbocycles. The van der Waals surface area contributed by atoms with Gasteiger partial charge in [0.1, 0.15) is 0 Å². The number of para-hydroxylation sites is 2. The van der Waals surface area contributed by atoms with Crippen LogP contribution in [0.5, 0.6) is 0 Å². The van der Waals surface area contributed by atoms with E-state index >= 15 is 0 Å². The maximum absolute atomic E-state index is 2.54. The summed E-state index contributed by atoms with van der Waals surface area (Å²) < 4.78 is 0. The van der Waals surface area contributed by atoms with Crippen LogP contribution in [0.2, 0.25) is 0 Å². The molecule has 0 radical (unpaired) electrons. The van der Waals surface area contributed by atoms with Crippen LogP contribution in [0.4, 0.5) is 34.1 Å². The van der Waals surface area contributed by atoms with E-state index in [1.54, 1.807) is 0 Å². The van der Waals surface area contributed by atoms with Crippen LogP contribution in [0, 0.1) is 13.8 Å². The van der Waals surface area contributed by atoms with E-state index in [2.05, 4.69) is 203 Å². The number of hydrogen-bond acceptors (Lipinski definition) is 2. The molecule has 0 spiro atoms. The molecule has 2 heteroatoms. The Morgan fingerprint density at radius 1 is 0.529 bits per heavy atom. The second-order valence-corrected chi connectivity index (χ2v) is 15.2. The first-order valence-corrected chi connectivity index (χ1v) is 18.1. The molecule has 0 N–H and O–H groups in total. The van der Waals surface area contributed by atoms with Gasteiger partial charge in [0, 0.05) is 27.9 Å². The van der Waals surface area contributed by atoms with Crippen molar-refractivity contribution < 1.29 is 0 Å². The predicted molar refractivity (Wildman–Crippen MR) is 219 cm³/mol. The lowest BCUT2D eigenvalue weighted by Crippen LogP contribution is -2.38. The highest BCUT2D eigenvalue weighted by Crippen LogP contribution is 2.60. The molecule has 8 rings (SSSR count). The molecule has 51 heavy (non-hydrogen) atoms. The second kappa shape index (κ2) is 12.3. The molecular formula is C49H46N2. The van der Waals surface area contributed by atoms with E-state index in [1.165, 1.54) is 67.1 Å². The van der Waals surface area contributed by atoms with Crippen LogP contribution in [0.25, 0.3) is 17.2 Å². The van der Waals surface area contributed by atoms with E-state index in [0.29, 0.717) is 0 Å². The molecule has 0 saturated heterocycles. The molecule has 6 aromatic carbocycles. The van der Waals surface area contributed by atoms with Gasteiger partial charge in [-0.3, -0.25) is 0 Å². The summed E-state index contributed by atoms with van der Waals surface area (Å²) in [5, 5.41) is 0. The molecule has 0 aliphatic carbocycles. The van der Waals surface area contributed by atoms with E-state index < -0.39 is 0 Å². The highest BCUT2D eigenvalue weighted by Gasteiger charge is 2.45. The third-order valence-electron chi connectivity index (χ3n) is 11.0. The number of benzene rings is 6. The van der Waals surface area contributed by atoms with Crippen molar-refractivity contribution in [2.24, 2.45) is 0 Å². The van der Waals surface area contributed by atoms with Gasteiger partial charge >= 0.3 is 0 Å². The minimum Gasteiger partial charge on any atom is -0.310 e. The zero-order chi connectivity index (χ0) is 35.5. The second-order valence-electron chi connectivity index (χ2n) is 15.2. The van der Waals surface area contributed by atoms with Crippen molar-refractivity contribution >= 4 is 40.2 Å². The Hall–Kier alpha value is -5.60. The van der Waals surface area contributed by atoms with Crippen LogP contribution in [-0.2, 0) is 10.8 Å². The third-order valence-corrected chi connectivity index (χ3v) is 11.0. The summed E-state index contributed by atoms with van der Waals surface area (Å²) in [4.78, 5) is 4.96. The molecule has 2 nitrogen and oxygen atoms in total. The van der Waals surface area contributed by atoms with Crippen LogP contribution < -0.4 is 9.80 Å². The molecule has 0 fully saturated rings. The Morgan fingerprint density at radius 3 is 1.86 bits per heavy atom. The van der Waals surface area contributed by atoms with E-state index in [9.17, 15) is 0 Å². The van der Waals surface area contributed by atoms with E-state index in [4.69, 9.17) is 0 Å². The number of aryl methyl sites for hydroxylation is 2. The summed E-state index contributed by atoms with van der Waals surface area (Å²) in [6.45, 7) is 16.0. The molecule has 0 unspecified atom stereocenters. The topological polar surface area (TPSA) is 6.48 Å². The zero-order valence-corrected chi connectivity index (χ0v) is 30.8. The van der Waals surface area contributed by atoms with Crippen LogP contribution in [0.15, 0.2) is 146 Å². The highest BCUT2D eigenvalue weighted by atomic mass is 15.2. The van der Waals surface area contributed by atoms with Gasteiger partial charge in [-0.15, -0.1) is 0 Å². The predicted octanol–water partition coefficient (Wildman–Crippen LogP) is 13.8. The summed E-state index contributed by atoms with van der Waals surface area (Å²) in [6, 6.07) is 47.6. The Kier molecular flexibility index (Phi) is 7.87. The van der Waals surface area contributed by atoms with Gasteiger partial charge in [-0.05, 0) is 119 Å². The fraction of sp³-hybridized carbons (Fsp3) is 0.184. The molecule has 6 aromatic rings. The molecule has 2 aliphatic rings. The van der Waals surface area contributed by atoms with Gasteiger partial charge in [-0.2, -0.15) is 0 Å². The first-order valence-electron chi connectivity index (χ1n) is 18.1. The lowest BCUT2D eigenvalue weighted by atomic mass is 9.66. The van der Waals surface area contributed by atoms with Gasteiger partial charge in [0.15, 0.2) is 0 Å². The Balaban J connectivity index is 1.29. The first-order chi connectivity index (χ1) is 24.6. The van der Waals surface area contributed by atoms with Gasteiger partial charge in [0.05, 0.1) is 17.1 Å². The molecule has 2 heterocycles. The quantitative estimate of drug-likeness (QED) is 0.164. The Morgan fingerprint density at radius 2 is 1.14 bits per heavy atom. The van der Waals surface area contributed by atoms with Crippen LogP contribution in [-0.4, -0.2) is 0 Å². The fourth-order valence-corrected chi connectivity index (χ4v) is 8.50.